The largest absolute Gasteiger partial charge is 0.481 e. The molecule has 2 heterocycles. The zero-order valence-electron chi connectivity index (χ0n) is 13.8. The molecule has 1 atom stereocenters. The van der Waals surface area contributed by atoms with E-state index >= 15 is 0 Å². The summed E-state index contributed by atoms with van der Waals surface area (Å²) in [6.45, 7) is 0.332. The highest BCUT2D eigenvalue weighted by atomic mass is 32.1. The molecule has 4 nitrogen and oxygen atoms in total. The van der Waals surface area contributed by atoms with Crippen molar-refractivity contribution >= 4 is 27.5 Å². The van der Waals surface area contributed by atoms with Gasteiger partial charge in [0, 0.05) is 12.6 Å². The Balaban J connectivity index is 1.48. The number of carbonyl (C=O) groups excluding carboxylic acids is 1. The summed E-state index contributed by atoms with van der Waals surface area (Å²) >= 11 is 1.59. The van der Waals surface area contributed by atoms with Crippen LogP contribution in [0.4, 0.5) is 8.78 Å². The van der Waals surface area contributed by atoms with Gasteiger partial charge in [-0.05, 0) is 37.1 Å². The Morgan fingerprint density at radius 1 is 1.27 bits per heavy atom. The van der Waals surface area contributed by atoms with E-state index in [0.717, 1.165) is 40.2 Å². The quantitative estimate of drug-likeness (QED) is 0.683. The molecule has 7 heteroatoms. The lowest BCUT2D eigenvalue weighted by Crippen LogP contribution is -2.34. The maximum atomic E-state index is 13.6. The molecule has 26 heavy (non-hydrogen) atoms. The van der Waals surface area contributed by atoms with E-state index in [1.54, 1.807) is 16.2 Å². The summed E-state index contributed by atoms with van der Waals surface area (Å²) < 4.78 is 32.9. The van der Waals surface area contributed by atoms with Gasteiger partial charge < -0.3 is 9.64 Å². The fraction of sp³-hybridized carbons (Fsp3) is 0.263. The molecule has 1 fully saturated rings. The van der Waals surface area contributed by atoms with E-state index in [1.165, 1.54) is 6.07 Å². The Morgan fingerprint density at radius 3 is 2.92 bits per heavy atom. The molecule has 0 saturated carbocycles. The first-order valence-corrected chi connectivity index (χ1v) is 9.16. The Morgan fingerprint density at radius 2 is 2.12 bits per heavy atom. The maximum absolute atomic E-state index is 13.6. The summed E-state index contributed by atoms with van der Waals surface area (Å²) in [5.74, 6) is -1.86. The van der Waals surface area contributed by atoms with Gasteiger partial charge in [-0.1, -0.05) is 12.1 Å². The molecular formula is C19H16F2N2O2S. The number of hydrogen-bond acceptors (Lipinski definition) is 4. The second-order valence-corrected chi connectivity index (χ2v) is 7.19. The minimum Gasteiger partial charge on any atom is -0.481 e. The van der Waals surface area contributed by atoms with Gasteiger partial charge in [0.2, 0.25) is 0 Å². The predicted molar refractivity (Wildman–Crippen MR) is 95.2 cm³/mol. The number of carbonyl (C=O) groups is 1. The second-order valence-electron chi connectivity index (χ2n) is 6.13. The van der Waals surface area contributed by atoms with Gasteiger partial charge in [0.05, 0.1) is 16.3 Å². The molecule has 0 radical (unpaired) electrons. The lowest BCUT2D eigenvalue weighted by atomic mass is 10.2. The van der Waals surface area contributed by atoms with E-state index in [0.29, 0.717) is 6.54 Å². The fourth-order valence-corrected chi connectivity index (χ4v) is 4.28. The standard InChI is InChI=1S/C19H16F2N2O2S/c20-12-7-8-16(13(21)10-12)25-11-18(24)23-9-3-5-15(23)19-22-14-4-1-2-6-17(14)26-19/h1-2,4,6-8,10,15H,3,5,9,11H2. The summed E-state index contributed by atoms with van der Waals surface area (Å²) in [6, 6.07) is 10.8. The molecule has 0 N–H and O–H groups in total. The molecule has 4 rings (SSSR count). The SMILES string of the molecule is O=C(COc1ccc(F)cc1F)N1CCCC1c1nc2ccccc2s1. The van der Waals surface area contributed by atoms with Gasteiger partial charge >= 0.3 is 0 Å². The van der Waals surface area contributed by atoms with E-state index in [4.69, 9.17) is 4.74 Å². The summed E-state index contributed by atoms with van der Waals surface area (Å²) in [5, 5.41) is 0.907. The van der Waals surface area contributed by atoms with Crippen molar-refractivity contribution in [2.24, 2.45) is 0 Å². The third-order valence-corrected chi connectivity index (χ3v) is 5.55. The van der Waals surface area contributed by atoms with Gasteiger partial charge in [0.1, 0.15) is 10.8 Å². The summed E-state index contributed by atoms with van der Waals surface area (Å²) in [4.78, 5) is 19.0. The fourth-order valence-electron chi connectivity index (χ4n) is 3.17. The van der Waals surface area contributed by atoms with Crippen LogP contribution < -0.4 is 4.74 Å². The van der Waals surface area contributed by atoms with E-state index in [-0.39, 0.29) is 24.3 Å². The zero-order valence-corrected chi connectivity index (χ0v) is 14.6. The third-order valence-electron chi connectivity index (χ3n) is 4.41. The van der Waals surface area contributed by atoms with Crippen molar-refractivity contribution in [3.63, 3.8) is 0 Å². The van der Waals surface area contributed by atoms with Crippen molar-refractivity contribution in [2.45, 2.75) is 18.9 Å². The monoisotopic (exact) mass is 374 g/mol. The highest BCUT2D eigenvalue weighted by molar-refractivity contribution is 7.18. The number of amides is 1. The van der Waals surface area contributed by atoms with Crippen LogP contribution in [0.1, 0.15) is 23.9 Å². The molecule has 1 amide bonds. The van der Waals surface area contributed by atoms with Crippen molar-refractivity contribution in [3.05, 3.63) is 59.1 Å². The van der Waals surface area contributed by atoms with Crippen LogP contribution in [-0.2, 0) is 4.79 Å². The van der Waals surface area contributed by atoms with Gasteiger partial charge in [-0.3, -0.25) is 4.79 Å². The Kier molecular flexibility index (Phi) is 4.55. The van der Waals surface area contributed by atoms with Crippen LogP contribution >= 0.6 is 11.3 Å². The lowest BCUT2D eigenvalue weighted by molar-refractivity contribution is -0.134. The first-order valence-electron chi connectivity index (χ1n) is 8.34. The highest BCUT2D eigenvalue weighted by Crippen LogP contribution is 2.36. The van der Waals surface area contributed by atoms with Crippen molar-refractivity contribution < 1.29 is 18.3 Å². The van der Waals surface area contributed by atoms with Gasteiger partial charge in [-0.25, -0.2) is 13.8 Å². The van der Waals surface area contributed by atoms with Crippen molar-refractivity contribution in [1.29, 1.82) is 0 Å². The number of para-hydroxylation sites is 1. The first kappa shape index (κ1) is 16.9. The van der Waals surface area contributed by atoms with Gasteiger partial charge in [0.25, 0.3) is 5.91 Å². The average Bonchev–Trinajstić information content (AvgIpc) is 3.27. The van der Waals surface area contributed by atoms with Gasteiger partial charge in [-0.2, -0.15) is 0 Å². The number of thiazole rings is 1. The van der Waals surface area contributed by atoms with Gasteiger partial charge in [0.15, 0.2) is 18.2 Å². The molecule has 3 aromatic rings. The van der Waals surface area contributed by atoms with Crippen LogP contribution in [0.5, 0.6) is 5.75 Å². The van der Waals surface area contributed by atoms with Crippen LogP contribution in [0, 0.1) is 11.6 Å². The molecule has 0 bridgehead atoms. The second kappa shape index (κ2) is 6.99. The number of aromatic nitrogens is 1. The number of benzene rings is 2. The third kappa shape index (κ3) is 3.26. The van der Waals surface area contributed by atoms with E-state index < -0.39 is 11.6 Å². The number of ether oxygens (including phenoxy) is 1. The minimum absolute atomic E-state index is 0.0819. The lowest BCUT2D eigenvalue weighted by Gasteiger charge is -2.23. The molecule has 2 aromatic carbocycles. The highest BCUT2D eigenvalue weighted by Gasteiger charge is 2.32. The Bertz CT molecular complexity index is 927. The molecule has 1 saturated heterocycles. The minimum atomic E-state index is -0.818. The summed E-state index contributed by atoms with van der Waals surface area (Å²) in [5.41, 5.74) is 0.927. The van der Waals surface area contributed by atoms with Crippen LogP contribution in [0.25, 0.3) is 10.2 Å². The number of halogens is 2. The molecule has 1 aliphatic rings. The van der Waals surface area contributed by atoms with Crippen molar-refractivity contribution in [1.82, 2.24) is 9.88 Å². The molecule has 134 valence electrons. The van der Waals surface area contributed by atoms with Crippen LogP contribution in [0.3, 0.4) is 0 Å². The normalized spacial score (nSPS) is 17.0. The van der Waals surface area contributed by atoms with E-state index in [9.17, 15) is 13.6 Å². The summed E-state index contributed by atoms with van der Waals surface area (Å²) in [6.07, 6.45) is 1.73. The Labute approximate surface area is 153 Å². The number of fused-ring (bicyclic) bond motifs is 1. The van der Waals surface area contributed by atoms with Crippen LogP contribution in [0.15, 0.2) is 42.5 Å². The molecule has 0 aliphatic carbocycles. The van der Waals surface area contributed by atoms with Crippen molar-refractivity contribution in [3.8, 4) is 5.75 Å². The van der Waals surface area contributed by atoms with Crippen LogP contribution in [0.2, 0.25) is 0 Å². The van der Waals surface area contributed by atoms with E-state index in [2.05, 4.69) is 4.98 Å². The number of likely N-dealkylation sites (tertiary alicyclic amines) is 1. The maximum Gasteiger partial charge on any atom is 0.261 e. The summed E-state index contributed by atoms with van der Waals surface area (Å²) in [7, 11) is 0. The molecule has 1 aromatic heterocycles. The van der Waals surface area contributed by atoms with Crippen molar-refractivity contribution in [2.75, 3.05) is 13.2 Å². The van der Waals surface area contributed by atoms with E-state index in [1.807, 2.05) is 24.3 Å². The smallest absolute Gasteiger partial charge is 0.261 e. The molecular weight excluding hydrogens is 358 g/mol. The topological polar surface area (TPSA) is 42.4 Å². The number of rotatable bonds is 4. The molecule has 1 unspecified atom stereocenters. The number of nitrogens with zero attached hydrogens (tertiary/aromatic N) is 2. The first-order chi connectivity index (χ1) is 12.6. The molecule has 1 aliphatic heterocycles. The predicted octanol–water partition coefficient (Wildman–Crippen LogP) is 4.32. The Hall–Kier alpha value is -2.54. The average molecular weight is 374 g/mol. The molecule has 0 spiro atoms. The van der Waals surface area contributed by atoms with Gasteiger partial charge in [-0.15, -0.1) is 11.3 Å². The number of hydrogen-bond donors (Lipinski definition) is 0. The zero-order chi connectivity index (χ0) is 18.1. The van der Waals surface area contributed by atoms with Crippen LogP contribution in [-0.4, -0.2) is 28.9 Å².